The third-order valence-electron chi connectivity index (χ3n) is 4.98. The highest BCUT2D eigenvalue weighted by atomic mass is 16.2. The van der Waals surface area contributed by atoms with E-state index in [0.29, 0.717) is 25.3 Å². The summed E-state index contributed by atoms with van der Waals surface area (Å²) in [5.41, 5.74) is 1.67. The predicted octanol–water partition coefficient (Wildman–Crippen LogP) is 1.79. The first-order valence-electron chi connectivity index (χ1n) is 8.95. The molecule has 0 saturated carbocycles. The van der Waals surface area contributed by atoms with Crippen molar-refractivity contribution in [2.45, 2.75) is 6.54 Å². The number of fused-ring (bicyclic) bond motifs is 1. The molecule has 0 radical (unpaired) electrons. The van der Waals surface area contributed by atoms with Crippen LogP contribution in [0.5, 0.6) is 0 Å². The Balaban J connectivity index is 1.33. The van der Waals surface area contributed by atoms with Crippen LogP contribution in [-0.4, -0.2) is 58.0 Å². The van der Waals surface area contributed by atoms with Crippen molar-refractivity contribution in [3.8, 4) is 0 Å². The number of piperazine rings is 1. The van der Waals surface area contributed by atoms with E-state index in [4.69, 9.17) is 0 Å². The Hall–Kier alpha value is -2.86. The number of carbonyl (C=O) groups is 1. The van der Waals surface area contributed by atoms with Gasteiger partial charge in [-0.15, -0.1) is 0 Å². The van der Waals surface area contributed by atoms with Crippen LogP contribution in [-0.2, 0) is 6.54 Å². The maximum Gasteiger partial charge on any atom is 0.270 e. The monoisotopic (exact) mass is 350 g/mol. The Morgan fingerprint density at radius 2 is 1.73 bits per heavy atom. The first kappa shape index (κ1) is 16.6. The number of rotatable bonds is 4. The molecule has 2 aromatic heterocycles. The molecular weight excluding hydrogens is 328 g/mol. The standard InChI is InChI=1S/C20H22N4O2/c25-19-7-3-4-8-23(19)12-9-22-10-13-24(14-11-22)20(26)18-15-16-5-1-2-6-17(16)21-18/h1-8,15,21H,9-14H2. The van der Waals surface area contributed by atoms with Crippen molar-refractivity contribution in [1.29, 1.82) is 0 Å². The summed E-state index contributed by atoms with van der Waals surface area (Å²) in [6, 6.07) is 15.1. The van der Waals surface area contributed by atoms with E-state index < -0.39 is 0 Å². The maximum absolute atomic E-state index is 12.7. The average Bonchev–Trinajstić information content (AvgIpc) is 3.11. The molecule has 0 bridgehead atoms. The van der Waals surface area contributed by atoms with E-state index in [1.807, 2.05) is 47.5 Å². The number of pyridine rings is 1. The summed E-state index contributed by atoms with van der Waals surface area (Å²) in [7, 11) is 0. The van der Waals surface area contributed by atoms with E-state index in [0.717, 1.165) is 30.5 Å². The molecule has 26 heavy (non-hydrogen) atoms. The zero-order valence-electron chi connectivity index (χ0n) is 14.6. The van der Waals surface area contributed by atoms with Gasteiger partial charge in [-0.25, -0.2) is 0 Å². The molecule has 6 heteroatoms. The van der Waals surface area contributed by atoms with Gasteiger partial charge in [0.1, 0.15) is 5.69 Å². The van der Waals surface area contributed by atoms with E-state index in [1.54, 1.807) is 16.7 Å². The van der Waals surface area contributed by atoms with E-state index in [1.165, 1.54) is 0 Å². The Bertz CT molecular complexity index is 934. The number of hydrogen-bond donors (Lipinski definition) is 1. The van der Waals surface area contributed by atoms with Gasteiger partial charge in [-0.05, 0) is 18.2 Å². The molecule has 1 saturated heterocycles. The van der Waals surface area contributed by atoms with Gasteiger partial charge in [-0.1, -0.05) is 24.3 Å². The van der Waals surface area contributed by atoms with Crippen LogP contribution in [0.4, 0.5) is 0 Å². The molecule has 3 aromatic rings. The van der Waals surface area contributed by atoms with Crippen LogP contribution in [0.25, 0.3) is 10.9 Å². The largest absolute Gasteiger partial charge is 0.351 e. The minimum Gasteiger partial charge on any atom is -0.351 e. The normalized spacial score (nSPS) is 15.5. The Labute approximate surface area is 151 Å². The van der Waals surface area contributed by atoms with Crippen molar-refractivity contribution in [3.05, 3.63) is 70.8 Å². The number of amides is 1. The number of aromatic amines is 1. The first-order valence-corrected chi connectivity index (χ1v) is 8.95. The van der Waals surface area contributed by atoms with Crippen LogP contribution < -0.4 is 5.56 Å². The zero-order chi connectivity index (χ0) is 17.9. The lowest BCUT2D eigenvalue weighted by Gasteiger charge is -2.34. The van der Waals surface area contributed by atoms with Crippen molar-refractivity contribution in [1.82, 2.24) is 19.4 Å². The number of para-hydroxylation sites is 1. The molecule has 0 unspecified atom stereocenters. The number of carbonyl (C=O) groups excluding carboxylic acids is 1. The topological polar surface area (TPSA) is 61.3 Å². The second-order valence-electron chi connectivity index (χ2n) is 6.64. The number of hydrogen-bond acceptors (Lipinski definition) is 3. The minimum atomic E-state index is 0.0279. The number of H-pyrrole nitrogens is 1. The molecule has 3 heterocycles. The molecule has 1 aliphatic rings. The number of aromatic nitrogens is 2. The van der Waals surface area contributed by atoms with Crippen LogP contribution in [0.3, 0.4) is 0 Å². The van der Waals surface area contributed by atoms with Crippen LogP contribution >= 0.6 is 0 Å². The van der Waals surface area contributed by atoms with Crippen molar-refractivity contribution in [3.63, 3.8) is 0 Å². The second-order valence-corrected chi connectivity index (χ2v) is 6.64. The molecule has 1 N–H and O–H groups in total. The molecule has 4 rings (SSSR count). The SMILES string of the molecule is O=C(c1cc2ccccc2[nH]1)N1CCN(CCn2ccccc2=O)CC1. The third-order valence-corrected chi connectivity index (χ3v) is 4.98. The third kappa shape index (κ3) is 3.41. The smallest absolute Gasteiger partial charge is 0.270 e. The van der Waals surface area contributed by atoms with Crippen LogP contribution in [0, 0.1) is 0 Å². The highest BCUT2D eigenvalue weighted by molar-refractivity contribution is 5.98. The van der Waals surface area contributed by atoms with E-state index >= 15 is 0 Å². The minimum absolute atomic E-state index is 0.0279. The molecule has 1 aliphatic heterocycles. The summed E-state index contributed by atoms with van der Waals surface area (Å²) in [5, 5.41) is 1.06. The number of nitrogens with one attached hydrogen (secondary N) is 1. The molecule has 1 aromatic carbocycles. The summed E-state index contributed by atoms with van der Waals surface area (Å²) < 4.78 is 1.72. The van der Waals surface area contributed by atoms with Gasteiger partial charge >= 0.3 is 0 Å². The summed E-state index contributed by atoms with van der Waals surface area (Å²) in [5.74, 6) is 0.0557. The quantitative estimate of drug-likeness (QED) is 0.780. The molecule has 134 valence electrons. The van der Waals surface area contributed by atoms with Gasteiger partial charge in [0.05, 0.1) is 0 Å². The fourth-order valence-electron chi connectivity index (χ4n) is 3.43. The molecular formula is C20H22N4O2. The molecule has 0 aliphatic carbocycles. The molecule has 1 amide bonds. The van der Waals surface area contributed by atoms with Crippen LogP contribution in [0.1, 0.15) is 10.5 Å². The Morgan fingerprint density at radius 3 is 2.50 bits per heavy atom. The van der Waals surface area contributed by atoms with Crippen molar-refractivity contribution in [2.75, 3.05) is 32.7 Å². The zero-order valence-corrected chi connectivity index (χ0v) is 14.6. The lowest BCUT2D eigenvalue weighted by Crippen LogP contribution is -2.49. The van der Waals surface area contributed by atoms with Crippen molar-refractivity contribution < 1.29 is 4.79 Å². The van der Waals surface area contributed by atoms with Gasteiger partial charge in [0, 0.05) is 62.4 Å². The first-order chi connectivity index (χ1) is 12.7. The van der Waals surface area contributed by atoms with Gasteiger partial charge in [-0.3, -0.25) is 14.5 Å². The van der Waals surface area contributed by atoms with Crippen LogP contribution in [0.2, 0.25) is 0 Å². The lowest BCUT2D eigenvalue weighted by atomic mass is 10.2. The highest BCUT2D eigenvalue weighted by Gasteiger charge is 2.23. The van der Waals surface area contributed by atoms with Crippen LogP contribution in [0.15, 0.2) is 59.5 Å². The molecule has 0 atom stereocenters. The fourth-order valence-corrected chi connectivity index (χ4v) is 3.43. The van der Waals surface area contributed by atoms with Crippen molar-refractivity contribution in [2.24, 2.45) is 0 Å². The van der Waals surface area contributed by atoms with Gasteiger partial charge < -0.3 is 14.5 Å². The predicted molar refractivity (Wildman–Crippen MR) is 101 cm³/mol. The molecule has 1 fully saturated rings. The van der Waals surface area contributed by atoms with Gasteiger partial charge in [0.15, 0.2) is 0 Å². The average molecular weight is 350 g/mol. The summed E-state index contributed by atoms with van der Waals surface area (Å²) in [6.45, 7) is 4.56. The van der Waals surface area contributed by atoms with Crippen molar-refractivity contribution >= 4 is 16.8 Å². The van der Waals surface area contributed by atoms with E-state index in [2.05, 4.69) is 9.88 Å². The molecule has 0 spiro atoms. The fraction of sp³-hybridized carbons (Fsp3) is 0.300. The Kier molecular flexibility index (Phi) is 4.58. The highest BCUT2D eigenvalue weighted by Crippen LogP contribution is 2.16. The number of nitrogens with zero attached hydrogens (tertiary/aromatic N) is 3. The summed E-state index contributed by atoms with van der Waals surface area (Å²) in [4.78, 5) is 31.9. The maximum atomic E-state index is 12.7. The van der Waals surface area contributed by atoms with Gasteiger partial charge in [0.2, 0.25) is 0 Å². The summed E-state index contributed by atoms with van der Waals surface area (Å²) >= 11 is 0. The Morgan fingerprint density at radius 1 is 0.962 bits per heavy atom. The summed E-state index contributed by atoms with van der Waals surface area (Å²) in [6.07, 6.45) is 1.82. The molecule has 6 nitrogen and oxygen atoms in total. The number of benzene rings is 1. The van der Waals surface area contributed by atoms with Gasteiger partial charge in [-0.2, -0.15) is 0 Å². The second kappa shape index (κ2) is 7.17. The van der Waals surface area contributed by atoms with E-state index in [9.17, 15) is 9.59 Å². The van der Waals surface area contributed by atoms with E-state index in [-0.39, 0.29) is 11.5 Å². The van der Waals surface area contributed by atoms with Gasteiger partial charge in [0.25, 0.3) is 11.5 Å². The lowest BCUT2D eigenvalue weighted by molar-refractivity contribution is 0.0628.